The van der Waals surface area contributed by atoms with E-state index in [-0.39, 0.29) is 0 Å². The predicted molar refractivity (Wildman–Crippen MR) is 71.3 cm³/mol. The van der Waals surface area contributed by atoms with Gasteiger partial charge in [-0.2, -0.15) is 4.98 Å². The van der Waals surface area contributed by atoms with E-state index in [0.29, 0.717) is 29.3 Å². The van der Waals surface area contributed by atoms with Crippen molar-refractivity contribution in [3.63, 3.8) is 0 Å². The zero-order valence-electron chi connectivity index (χ0n) is 10.5. The van der Waals surface area contributed by atoms with Gasteiger partial charge >= 0.3 is 0 Å². The Morgan fingerprint density at radius 1 is 1.33 bits per heavy atom. The molecule has 0 fully saturated rings. The van der Waals surface area contributed by atoms with E-state index < -0.39 is 0 Å². The van der Waals surface area contributed by atoms with E-state index in [1.54, 1.807) is 0 Å². The van der Waals surface area contributed by atoms with Crippen molar-refractivity contribution in [2.75, 3.05) is 0 Å². The third-order valence-corrected chi connectivity index (χ3v) is 3.04. The van der Waals surface area contributed by atoms with Gasteiger partial charge in [-0.25, -0.2) is 0 Å². The monoisotopic (exact) mass is 265 g/mol. The van der Waals surface area contributed by atoms with Gasteiger partial charge in [0.1, 0.15) is 0 Å². The minimum atomic E-state index is 0.441. The van der Waals surface area contributed by atoms with E-state index in [9.17, 15) is 0 Å². The summed E-state index contributed by atoms with van der Waals surface area (Å²) in [5.41, 5.74) is 0.901. The molecular formula is C13H16ClN3O. The minimum absolute atomic E-state index is 0.441. The molecule has 0 aliphatic rings. The first-order valence-electron chi connectivity index (χ1n) is 6.01. The van der Waals surface area contributed by atoms with Crippen molar-refractivity contribution in [2.45, 2.75) is 32.9 Å². The fourth-order valence-corrected chi connectivity index (χ4v) is 1.57. The molecule has 0 unspecified atom stereocenters. The van der Waals surface area contributed by atoms with Crippen LogP contribution in [-0.2, 0) is 6.54 Å². The summed E-state index contributed by atoms with van der Waals surface area (Å²) in [6.07, 6.45) is 1.07. The van der Waals surface area contributed by atoms with E-state index in [4.69, 9.17) is 16.1 Å². The second-order valence-corrected chi connectivity index (χ2v) is 4.65. The van der Waals surface area contributed by atoms with E-state index in [0.717, 1.165) is 12.0 Å². The lowest BCUT2D eigenvalue weighted by molar-refractivity contribution is 0.358. The standard InChI is InChI=1S/C13H16ClN3O/c1-3-9(2)15-8-12-16-13(17-18-12)10-4-6-11(14)7-5-10/h4-7,9,15H,3,8H2,1-2H3/t9-/m1/s1. The molecule has 18 heavy (non-hydrogen) atoms. The van der Waals surface area contributed by atoms with Crippen LogP contribution in [-0.4, -0.2) is 16.2 Å². The molecule has 0 aliphatic carbocycles. The molecule has 96 valence electrons. The van der Waals surface area contributed by atoms with Crippen LogP contribution in [0.25, 0.3) is 11.4 Å². The van der Waals surface area contributed by atoms with Gasteiger partial charge in [0.25, 0.3) is 0 Å². The molecular weight excluding hydrogens is 250 g/mol. The Morgan fingerprint density at radius 3 is 2.72 bits per heavy atom. The molecule has 0 saturated carbocycles. The van der Waals surface area contributed by atoms with Gasteiger partial charge in [-0.1, -0.05) is 23.7 Å². The lowest BCUT2D eigenvalue weighted by atomic mass is 10.2. The number of benzene rings is 1. The summed E-state index contributed by atoms with van der Waals surface area (Å²) in [5.74, 6) is 1.19. The molecule has 5 heteroatoms. The second-order valence-electron chi connectivity index (χ2n) is 4.21. The molecule has 2 rings (SSSR count). The zero-order valence-corrected chi connectivity index (χ0v) is 11.2. The Hall–Kier alpha value is -1.39. The van der Waals surface area contributed by atoms with Gasteiger partial charge in [0.2, 0.25) is 11.7 Å². The average Bonchev–Trinajstić information content (AvgIpc) is 2.85. The van der Waals surface area contributed by atoms with Gasteiger partial charge in [0, 0.05) is 16.6 Å². The SMILES string of the molecule is CC[C@@H](C)NCc1nc(-c2ccc(Cl)cc2)no1. The van der Waals surface area contributed by atoms with E-state index in [1.807, 2.05) is 24.3 Å². The first-order chi connectivity index (χ1) is 8.69. The summed E-state index contributed by atoms with van der Waals surface area (Å²) < 4.78 is 5.19. The first-order valence-corrected chi connectivity index (χ1v) is 6.38. The van der Waals surface area contributed by atoms with Crippen LogP contribution in [0.2, 0.25) is 5.02 Å². The van der Waals surface area contributed by atoms with Gasteiger partial charge in [-0.05, 0) is 37.6 Å². The van der Waals surface area contributed by atoms with Crippen molar-refractivity contribution in [1.29, 1.82) is 0 Å². The Morgan fingerprint density at radius 2 is 2.06 bits per heavy atom. The summed E-state index contributed by atoms with van der Waals surface area (Å²) in [6.45, 7) is 4.84. The molecule has 4 nitrogen and oxygen atoms in total. The van der Waals surface area contributed by atoms with E-state index in [1.165, 1.54) is 0 Å². The Kier molecular flexibility index (Phi) is 4.33. The highest BCUT2D eigenvalue weighted by atomic mass is 35.5. The van der Waals surface area contributed by atoms with Crippen LogP contribution in [0.4, 0.5) is 0 Å². The number of halogens is 1. The summed E-state index contributed by atoms with van der Waals surface area (Å²) in [6, 6.07) is 7.81. The Labute approximate surface area is 111 Å². The first kappa shape index (κ1) is 13.1. The third kappa shape index (κ3) is 3.31. The lowest BCUT2D eigenvalue weighted by Gasteiger charge is -2.07. The summed E-state index contributed by atoms with van der Waals surface area (Å²) in [4.78, 5) is 4.33. The van der Waals surface area contributed by atoms with Crippen LogP contribution in [0, 0.1) is 0 Å². The molecule has 1 aromatic heterocycles. The maximum absolute atomic E-state index is 5.83. The molecule has 1 aromatic carbocycles. The molecule has 0 aliphatic heterocycles. The number of hydrogen-bond acceptors (Lipinski definition) is 4. The molecule has 1 heterocycles. The number of nitrogens with one attached hydrogen (secondary N) is 1. The highest BCUT2D eigenvalue weighted by molar-refractivity contribution is 6.30. The van der Waals surface area contributed by atoms with Crippen molar-refractivity contribution < 1.29 is 4.52 Å². The van der Waals surface area contributed by atoms with E-state index in [2.05, 4.69) is 29.3 Å². The highest BCUT2D eigenvalue weighted by Crippen LogP contribution is 2.18. The van der Waals surface area contributed by atoms with Gasteiger partial charge in [-0.3, -0.25) is 0 Å². The number of hydrogen-bond donors (Lipinski definition) is 1. The summed E-state index contributed by atoms with van der Waals surface area (Å²) in [7, 11) is 0. The van der Waals surface area contributed by atoms with Crippen molar-refractivity contribution in [3.8, 4) is 11.4 Å². The molecule has 0 bridgehead atoms. The minimum Gasteiger partial charge on any atom is -0.338 e. The quantitative estimate of drug-likeness (QED) is 0.901. The Bertz CT molecular complexity index is 495. The molecule has 0 saturated heterocycles. The maximum atomic E-state index is 5.83. The molecule has 2 aromatic rings. The molecule has 1 atom stereocenters. The van der Waals surface area contributed by atoms with E-state index >= 15 is 0 Å². The van der Waals surface area contributed by atoms with Gasteiger partial charge in [0.15, 0.2) is 0 Å². The van der Waals surface area contributed by atoms with Crippen LogP contribution in [0.3, 0.4) is 0 Å². The van der Waals surface area contributed by atoms with Crippen LogP contribution in [0.1, 0.15) is 26.2 Å². The second kappa shape index (κ2) is 5.98. The predicted octanol–water partition coefficient (Wildman–Crippen LogP) is 3.28. The summed E-state index contributed by atoms with van der Waals surface area (Å²) in [5, 5.41) is 7.95. The molecule has 0 amide bonds. The van der Waals surface area contributed by atoms with Gasteiger partial charge in [-0.15, -0.1) is 0 Å². The van der Waals surface area contributed by atoms with Crippen LogP contribution < -0.4 is 5.32 Å². The maximum Gasteiger partial charge on any atom is 0.240 e. The number of aromatic nitrogens is 2. The smallest absolute Gasteiger partial charge is 0.240 e. The third-order valence-electron chi connectivity index (χ3n) is 2.78. The number of rotatable bonds is 5. The molecule has 0 radical (unpaired) electrons. The van der Waals surface area contributed by atoms with Crippen LogP contribution in [0.15, 0.2) is 28.8 Å². The number of nitrogens with zero attached hydrogens (tertiary/aromatic N) is 2. The normalized spacial score (nSPS) is 12.6. The summed E-state index contributed by atoms with van der Waals surface area (Å²) >= 11 is 5.83. The highest BCUT2D eigenvalue weighted by Gasteiger charge is 2.09. The van der Waals surface area contributed by atoms with Gasteiger partial charge in [0.05, 0.1) is 6.54 Å². The van der Waals surface area contributed by atoms with Gasteiger partial charge < -0.3 is 9.84 Å². The Balaban J connectivity index is 2.03. The lowest BCUT2D eigenvalue weighted by Crippen LogP contribution is -2.24. The molecule has 1 N–H and O–H groups in total. The van der Waals surface area contributed by atoms with Crippen molar-refractivity contribution in [3.05, 3.63) is 35.2 Å². The fraction of sp³-hybridized carbons (Fsp3) is 0.385. The van der Waals surface area contributed by atoms with Crippen molar-refractivity contribution in [2.24, 2.45) is 0 Å². The zero-order chi connectivity index (χ0) is 13.0. The fourth-order valence-electron chi connectivity index (χ4n) is 1.45. The van der Waals surface area contributed by atoms with Crippen LogP contribution >= 0.6 is 11.6 Å². The van der Waals surface area contributed by atoms with Crippen LogP contribution in [0.5, 0.6) is 0 Å². The topological polar surface area (TPSA) is 51.0 Å². The van der Waals surface area contributed by atoms with Crippen molar-refractivity contribution >= 4 is 11.6 Å². The molecule has 0 spiro atoms. The average molecular weight is 266 g/mol. The largest absolute Gasteiger partial charge is 0.338 e. The van der Waals surface area contributed by atoms with Crippen molar-refractivity contribution in [1.82, 2.24) is 15.5 Å².